The van der Waals surface area contributed by atoms with Crippen molar-refractivity contribution in [2.24, 2.45) is 0 Å². The van der Waals surface area contributed by atoms with E-state index < -0.39 is 12.0 Å². The normalized spacial score (nSPS) is 12.3. The van der Waals surface area contributed by atoms with Crippen LogP contribution in [-0.2, 0) is 14.3 Å². The molecule has 1 N–H and O–H groups in total. The topological polar surface area (TPSA) is 55.4 Å². The summed E-state index contributed by atoms with van der Waals surface area (Å²) in [5.41, 5.74) is 0. The third kappa shape index (κ3) is 10.4. The van der Waals surface area contributed by atoms with Gasteiger partial charge in [-0.3, -0.25) is 4.79 Å². The number of nitrogens with zero attached hydrogens (tertiary/aromatic N) is 1. The average Bonchev–Trinajstić information content (AvgIpc) is 2.11. The molecule has 5 nitrogen and oxygen atoms in total. The Morgan fingerprint density at radius 2 is 1.88 bits per heavy atom. The fraction of sp³-hybridized carbons (Fsp3) is 0.800. The van der Waals surface area contributed by atoms with Crippen LogP contribution in [0.2, 0.25) is 0 Å². The zero-order chi connectivity index (χ0) is 12.8. The van der Waals surface area contributed by atoms with Crippen molar-refractivity contribution in [2.75, 3.05) is 40.0 Å². The molecule has 0 saturated heterocycles. The number of ether oxygens (including phenoxy) is 1. The first-order chi connectivity index (χ1) is 7.26. The van der Waals surface area contributed by atoms with Crippen molar-refractivity contribution in [3.8, 4) is 0 Å². The Morgan fingerprint density at radius 1 is 1.35 bits per heavy atom. The van der Waals surface area contributed by atoms with Gasteiger partial charge in [-0.2, -0.15) is 12.6 Å². The number of hydrogen-bond donors (Lipinski definition) is 2. The van der Waals surface area contributed by atoms with E-state index in [1.807, 2.05) is 21.1 Å². The van der Waals surface area contributed by atoms with Gasteiger partial charge in [0.05, 0.1) is 21.1 Å². The van der Waals surface area contributed by atoms with Crippen LogP contribution < -0.4 is 5.32 Å². The van der Waals surface area contributed by atoms with E-state index in [9.17, 15) is 9.59 Å². The number of rotatable bonds is 6. The standard InChI is InChI=1S/C10H20N2O3S.ClH/c1-8(13)11-9(7-16)10(14)15-6-5-12(2,3)4;/h9H,5-7H2,1-4H3,(H-,11,13,16);1H/p+1/t9-;/m0./s1. The number of halogens is 1. The van der Waals surface area contributed by atoms with Crippen LogP contribution in [-0.4, -0.2) is 62.4 Å². The number of likely N-dealkylation sites (N-methyl/N-ethyl adjacent to an activating group) is 1. The van der Waals surface area contributed by atoms with E-state index in [1.54, 1.807) is 0 Å². The molecule has 17 heavy (non-hydrogen) atoms. The van der Waals surface area contributed by atoms with Crippen molar-refractivity contribution >= 4 is 36.9 Å². The number of nitrogens with one attached hydrogen (secondary N) is 1. The second kappa shape index (κ2) is 8.60. The second-order valence-electron chi connectivity index (χ2n) is 4.62. The fourth-order valence-electron chi connectivity index (χ4n) is 0.945. The molecule has 0 aliphatic carbocycles. The summed E-state index contributed by atoms with van der Waals surface area (Å²) in [7, 11) is 6.03. The van der Waals surface area contributed by atoms with Gasteiger partial charge in [-0.1, -0.05) is 0 Å². The molecule has 0 radical (unpaired) electrons. The van der Waals surface area contributed by atoms with Gasteiger partial charge in [0.25, 0.3) is 0 Å². The first-order valence-electron chi connectivity index (χ1n) is 5.11. The maximum Gasteiger partial charge on any atom is 0.329 e. The molecule has 0 unspecified atom stereocenters. The minimum Gasteiger partial charge on any atom is -0.458 e. The number of thiol groups is 1. The summed E-state index contributed by atoms with van der Waals surface area (Å²) < 4.78 is 5.77. The molecule has 0 aromatic carbocycles. The molecule has 0 aromatic rings. The van der Waals surface area contributed by atoms with Crippen LogP contribution in [0.15, 0.2) is 0 Å². The zero-order valence-corrected chi connectivity index (χ0v) is 12.4. The summed E-state index contributed by atoms with van der Waals surface area (Å²) in [6.07, 6.45) is 0. The maximum atomic E-state index is 11.5. The van der Waals surface area contributed by atoms with Crippen LogP contribution in [0.1, 0.15) is 6.92 Å². The molecular weight excluding hydrogens is 264 g/mol. The minimum absolute atomic E-state index is 0. The highest BCUT2D eigenvalue weighted by atomic mass is 35.5. The number of esters is 1. The van der Waals surface area contributed by atoms with Gasteiger partial charge in [0.15, 0.2) is 0 Å². The summed E-state index contributed by atoms with van der Waals surface area (Å²) in [6.45, 7) is 2.42. The van der Waals surface area contributed by atoms with Gasteiger partial charge in [0.1, 0.15) is 19.2 Å². The Hall–Kier alpha value is -0.460. The van der Waals surface area contributed by atoms with Gasteiger partial charge >= 0.3 is 5.97 Å². The predicted molar refractivity (Wildman–Crippen MR) is 72.6 cm³/mol. The number of hydrogen-bond acceptors (Lipinski definition) is 4. The average molecular weight is 286 g/mol. The highest BCUT2D eigenvalue weighted by Crippen LogP contribution is 1.95. The lowest BCUT2D eigenvalue weighted by Crippen LogP contribution is -2.44. The van der Waals surface area contributed by atoms with E-state index in [0.29, 0.717) is 6.61 Å². The summed E-state index contributed by atoms with van der Waals surface area (Å²) in [6, 6.07) is -0.659. The van der Waals surface area contributed by atoms with Gasteiger partial charge in [-0.05, 0) is 0 Å². The molecule has 0 aromatic heterocycles. The molecule has 0 spiro atoms. The largest absolute Gasteiger partial charge is 0.458 e. The molecule has 0 aliphatic heterocycles. The van der Waals surface area contributed by atoms with Gasteiger partial charge < -0.3 is 14.5 Å². The molecule has 0 rings (SSSR count). The van der Waals surface area contributed by atoms with E-state index >= 15 is 0 Å². The molecule has 1 atom stereocenters. The summed E-state index contributed by atoms with van der Waals surface area (Å²) >= 11 is 3.99. The highest BCUT2D eigenvalue weighted by Gasteiger charge is 2.20. The molecule has 1 amide bonds. The summed E-state index contributed by atoms with van der Waals surface area (Å²) in [5, 5.41) is 2.48. The van der Waals surface area contributed by atoms with Crippen LogP contribution in [0, 0.1) is 0 Å². The van der Waals surface area contributed by atoms with E-state index in [1.165, 1.54) is 6.92 Å². The summed E-state index contributed by atoms with van der Waals surface area (Å²) in [4.78, 5) is 22.3. The fourth-order valence-corrected chi connectivity index (χ4v) is 1.19. The monoisotopic (exact) mass is 285 g/mol. The van der Waals surface area contributed by atoms with Crippen molar-refractivity contribution in [1.82, 2.24) is 5.32 Å². The van der Waals surface area contributed by atoms with Gasteiger partial charge in [0.2, 0.25) is 5.91 Å². The van der Waals surface area contributed by atoms with E-state index in [-0.39, 0.29) is 24.1 Å². The molecule has 0 heterocycles. The number of amides is 1. The van der Waals surface area contributed by atoms with Crippen molar-refractivity contribution < 1.29 is 18.8 Å². The van der Waals surface area contributed by atoms with E-state index in [0.717, 1.165) is 11.0 Å². The minimum atomic E-state index is -0.659. The van der Waals surface area contributed by atoms with Crippen LogP contribution in [0.5, 0.6) is 0 Å². The summed E-state index contributed by atoms with van der Waals surface area (Å²) in [5.74, 6) is -0.454. The van der Waals surface area contributed by atoms with Crippen LogP contribution in [0.25, 0.3) is 0 Å². The zero-order valence-electron chi connectivity index (χ0n) is 10.7. The highest BCUT2D eigenvalue weighted by molar-refractivity contribution is 7.80. The predicted octanol–water partition coefficient (Wildman–Crippen LogP) is 0.0921. The lowest BCUT2D eigenvalue weighted by molar-refractivity contribution is -0.870. The van der Waals surface area contributed by atoms with Gasteiger partial charge in [-0.15, -0.1) is 12.4 Å². The van der Waals surface area contributed by atoms with Crippen LogP contribution >= 0.6 is 25.0 Å². The maximum absolute atomic E-state index is 11.5. The molecule has 102 valence electrons. The smallest absolute Gasteiger partial charge is 0.329 e. The third-order valence-electron chi connectivity index (χ3n) is 1.85. The molecule has 0 saturated carbocycles. The second-order valence-corrected chi connectivity index (χ2v) is 4.98. The first-order valence-corrected chi connectivity index (χ1v) is 5.74. The lowest BCUT2D eigenvalue weighted by Gasteiger charge is -2.24. The molecule has 0 bridgehead atoms. The molecule has 0 fully saturated rings. The Balaban J connectivity index is 0. The van der Waals surface area contributed by atoms with Crippen molar-refractivity contribution in [3.05, 3.63) is 0 Å². The number of carbonyl (C=O) groups excluding carboxylic acids is 2. The Bertz CT molecular complexity index is 256. The third-order valence-corrected chi connectivity index (χ3v) is 2.22. The Morgan fingerprint density at radius 3 is 2.24 bits per heavy atom. The van der Waals surface area contributed by atoms with Crippen LogP contribution in [0.3, 0.4) is 0 Å². The molecule has 7 heteroatoms. The van der Waals surface area contributed by atoms with Crippen molar-refractivity contribution in [2.45, 2.75) is 13.0 Å². The molecule has 0 aliphatic rings. The SMILES string of the molecule is CC(=O)N[C@@H](CS)C(=O)OCC[N+](C)(C)C.Cl. The van der Waals surface area contributed by atoms with Crippen molar-refractivity contribution in [1.29, 1.82) is 0 Å². The van der Waals surface area contributed by atoms with Gasteiger partial charge in [0, 0.05) is 12.7 Å². The lowest BCUT2D eigenvalue weighted by atomic mass is 10.3. The first kappa shape index (κ1) is 18.9. The molecular formula is C10H22ClN2O3S+. The van der Waals surface area contributed by atoms with Crippen molar-refractivity contribution in [3.63, 3.8) is 0 Å². The Kier molecular flexibility index (Phi) is 9.56. The number of quaternary nitrogens is 1. The van der Waals surface area contributed by atoms with E-state index in [4.69, 9.17) is 4.74 Å². The van der Waals surface area contributed by atoms with Gasteiger partial charge in [-0.25, -0.2) is 4.79 Å². The number of carbonyl (C=O) groups is 2. The quantitative estimate of drug-likeness (QED) is 0.413. The van der Waals surface area contributed by atoms with E-state index in [2.05, 4.69) is 17.9 Å². The Labute approximate surface area is 114 Å². The van der Waals surface area contributed by atoms with Crippen LogP contribution in [0.4, 0.5) is 0 Å².